The average molecular weight is 351 g/mol. The SMILES string of the molecule is N#CCCC1CC[C@@H]2C(=O)N(c3ncc(-c4ccccc4)s3)C[C@@H]2C1. The minimum absolute atomic E-state index is 0.155. The van der Waals surface area contributed by atoms with Gasteiger partial charge in [0.25, 0.3) is 0 Å². The summed E-state index contributed by atoms with van der Waals surface area (Å²) >= 11 is 1.60. The van der Waals surface area contributed by atoms with Crippen molar-refractivity contribution in [2.45, 2.75) is 32.1 Å². The topological polar surface area (TPSA) is 57.0 Å². The largest absolute Gasteiger partial charge is 0.288 e. The Bertz CT molecular complexity index is 795. The number of carbonyl (C=O) groups excluding carboxylic acids is 1. The molecule has 1 aromatic carbocycles. The van der Waals surface area contributed by atoms with Gasteiger partial charge in [0, 0.05) is 25.1 Å². The minimum Gasteiger partial charge on any atom is -0.288 e. The molecular weight excluding hydrogens is 330 g/mol. The zero-order valence-corrected chi connectivity index (χ0v) is 14.9. The van der Waals surface area contributed by atoms with Crippen LogP contribution in [0.2, 0.25) is 0 Å². The van der Waals surface area contributed by atoms with Gasteiger partial charge in [0.15, 0.2) is 5.13 Å². The van der Waals surface area contributed by atoms with Crippen molar-refractivity contribution in [2.75, 3.05) is 11.4 Å². The lowest BCUT2D eigenvalue weighted by Gasteiger charge is -2.29. The van der Waals surface area contributed by atoms with E-state index < -0.39 is 0 Å². The van der Waals surface area contributed by atoms with Gasteiger partial charge >= 0.3 is 0 Å². The van der Waals surface area contributed by atoms with E-state index in [4.69, 9.17) is 5.26 Å². The first-order valence-corrected chi connectivity index (χ1v) is 9.77. The van der Waals surface area contributed by atoms with Crippen molar-refractivity contribution in [3.63, 3.8) is 0 Å². The van der Waals surface area contributed by atoms with Gasteiger partial charge in [0.05, 0.1) is 10.9 Å². The molecule has 4 rings (SSSR count). The Labute approximate surface area is 152 Å². The number of anilines is 1. The van der Waals surface area contributed by atoms with Crippen LogP contribution < -0.4 is 4.90 Å². The Morgan fingerprint density at radius 2 is 2.12 bits per heavy atom. The molecule has 4 nitrogen and oxygen atoms in total. The quantitative estimate of drug-likeness (QED) is 0.815. The molecule has 1 amide bonds. The highest BCUT2D eigenvalue weighted by Gasteiger charge is 2.44. The Morgan fingerprint density at radius 3 is 2.92 bits per heavy atom. The second kappa shape index (κ2) is 6.97. The Hall–Kier alpha value is -2.19. The first kappa shape index (κ1) is 16.3. The van der Waals surface area contributed by atoms with Crippen molar-refractivity contribution < 1.29 is 4.79 Å². The molecule has 5 heteroatoms. The zero-order chi connectivity index (χ0) is 17.2. The summed E-state index contributed by atoms with van der Waals surface area (Å²) in [5.41, 5.74) is 1.15. The summed E-state index contributed by atoms with van der Waals surface area (Å²) in [4.78, 5) is 20.4. The summed E-state index contributed by atoms with van der Waals surface area (Å²) in [7, 11) is 0. The van der Waals surface area contributed by atoms with Crippen LogP contribution >= 0.6 is 11.3 Å². The predicted molar refractivity (Wildman–Crippen MR) is 99.1 cm³/mol. The van der Waals surface area contributed by atoms with Gasteiger partial charge in [-0.2, -0.15) is 5.26 Å². The first-order chi connectivity index (χ1) is 12.3. The maximum Gasteiger partial charge on any atom is 0.232 e. The molecule has 3 atom stereocenters. The third-order valence-corrected chi connectivity index (χ3v) is 6.61. The molecule has 1 unspecified atom stereocenters. The molecule has 0 spiro atoms. The zero-order valence-electron chi connectivity index (χ0n) is 14.1. The lowest BCUT2D eigenvalue weighted by Crippen LogP contribution is -2.27. The molecule has 1 saturated heterocycles. The smallest absolute Gasteiger partial charge is 0.232 e. The number of benzene rings is 1. The standard InChI is InChI=1S/C20H21N3OS/c21-10-4-5-14-8-9-17-16(11-14)13-23(19(17)24)20-22-12-18(25-20)15-6-2-1-3-7-15/h1-3,6-7,12,14,16-17H,4-5,8-9,11,13H2/t14?,16-,17-/m0/s1. The molecule has 2 aromatic rings. The van der Waals surface area contributed by atoms with Gasteiger partial charge in [-0.05, 0) is 43.1 Å². The van der Waals surface area contributed by atoms with Gasteiger partial charge in [-0.3, -0.25) is 9.69 Å². The number of fused-ring (bicyclic) bond motifs is 1. The fourth-order valence-corrected chi connectivity index (χ4v) is 5.18. The summed E-state index contributed by atoms with van der Waals surface area (Å²) < 4.78 is 0. The van der Waals surface area contributed by atoms with Crippen LogP contribution in [0.25, 0.3) is 10.4 Å². The van der Waals surface area contributed by atoms with Crippen LogP contribution in [0.5, 0.6) is 0 Å². The van der Waals surface area contributed by atoms with Crippen LogP contribution in [-0.4, -0.2) is 17.4 Å². The lowest BCUT2D eigenvalue weighted by molar-refractivity contribution is -0.121. The van der Waals surface area contributed by atoms with Gasteiger partial charge in [-0.1, -0.05) is 41.7 Å². The number of nitriles is 1. The van der Waals surface area contributed by atoms with Gasteiger partial charge in [0.1, 0.15) is 0 Å². The number of carbonyl (C=O) groups is 1. The van der Waals surface area contributed by atoms with E-state index >= 15 is 0 Å². The van der Waals surface area contributed by atoms with Gasteiger partial charge in [-0.15, -0.1) is 0 Å². The van der Waals surface area contributed by atoms with Crippen LogP contribution in [0.15, 0.2) is 36.5 Å². The van der Waals surface area contributed by atoms with E-state index in [1.807, 2.05) is 29.3 Å². The van der Waals surface area contributed by atoms with Gasteiger partial charge < -0.3 is 0 Å². The minimum atomic E-state index is 0.155. The number of rotatable bonds is 4. The maximum absolute atomic E-state index is 12.8. The van der Waals surface area contributed by atoms with Crippen molar-refractivity contribution in [2.24, 2.45) is 17.8 Å². The molecule has 1 saturated carbocycles. The molecule has 0 bridgehead atoms. The van der Waals surface area contributed by atoms with Crippen molar-refractivity contribution in [1.29, 1.82) is 5.26 Å². The summed E-state index contributed by atoms with van der Waals surface area (Å²) in [5, 5.41) is 9.62. The van der Waals surface area contributed by atoms with E-state index in [0.717, 1.165) is 47.8 Å². The number of thiazole rings is 1. The second-order valence-corrected chi connectivity index (χ2v) is 8.07. The molecule has 25 heavy (non-hydrogen) atoms. The fraction of sp³-hybridized carbons (Fsp3) is 0.450. The summed E-state index contributed by atoms with van der Waals surface area (Å²) in [5.74, 6) is 1.43. The van der Waals surface area contributed by atoms with Crippen molar-refractivity contribution >= 4 is 22.4 Å². The van der Waals surface area contributed by atoms with Crippen molar-refractivity contribution in [3.8, 4) is 16.5 Å². The van der Waals surface area contributed by atoms with E-state index in [1.54, 1.807) is 11.3 Å². The normalized spacial score (nSPS) is 25.6. The summed E-state index contributed by atoms with van der Waals surface area (Å²) in [6, 6.07) is 12.4. The second-order valence-electron chi connectivity index (χ2n) is 7.06. The molecule has 1 aromatic heterocycles. The maximum atomic E-state index is 12.8. The highest BCUT2D eigenvalue weighted by Crippen LogP contribution is 2.44. The van der Waals surface area contributed by atoms with E-state index in [1.165, 1.54) is 0 Å². The molecule has 2 aliphatic rings. The first-order valence-electron chi connectivity index (χ1n) is 8.96. The van der Waals surface area contributed by atoms with Gasteiger partial charge in [-0.25, -0.2) is 4.98 Å². The third-order valence-electron chi connectivity index (χ3n) is 5.54. The Balaban J connectivity index is 1.49. The molecule has 1 aliphatic heterocycles. The van der Waals surface area contributed by atoms with E-state index in [-0.39, 0.29) is 11.8 Å². The van der Waals surface area contributed by atoms with Crippen LogP contribution in [0.4, 0.5) is 5.13 Å². The fourth-order valence-electron chi connectivity index (χ4n) is 4.24. The number of aromatic nitrogens is 1. The monoisotopic (exact) mass is 351 g/mol. The third kappa shape index (κ3) is 3.19. The molecule has 1 aliphatic carbocycles. The number of nitrogens with zero attached hydrogens (tertiary/aromatic N) is 3. The Morgan fingerprint density at radius 1 is 1.28 bits per heavy atom. The van der Waals surface area contributed by atoms with Crippen molar-refractivity contribution in [3.05, 3.63) is 36.5 Å². The summed E-state index contributed by atoms with van der Waals surface area (Å²) in [6.07, 6.45) is 6.60. The highest BCUT2D eigenvalue weighted by atomic mass is 32.1. The van der Waals surface area contributed by atoms with Crippen molar-refractivity contribution in [1.82, 2.24) is 4.98 Å². The number of hydrogen-bond acceptors (Lipinski definition) is 4. The molecular formula is C20H21N3OS. The number of hydrogen-bond donors (Lipinski definition) is 0. The highest BCUT2D eigenvalue weighted by molar-refractivity contribution is 7.19. The summed E-state index contributed by atoms with van der Waals surface area (Å²) in [6.45, 7) is 0.786. The molecule has 0 radical (unpaired) electrons. The van der Waals surface area contributed by atoms with E-state index in [2.05, 4.69) is 23.2 Å². The Kier molecular flexibility index (Phi) is 4.54. The van der Waals surface area contributed by atoms with Crippen LogP contribution in [0, 0.1) is 29.1 Å². The molecule has 0 N–H and O–H groups in total. The molecule has 128 valence electrons. The average Bonchev–Trinajstić information content (AvgIpc) is 3.26. The lowest BCUT2D eigenvalue weighted by atomic mass is 9.74. The van der Waals surface area contributed by atoms with E-state index in [9.17, 15) is 4.79 Å². The van der Waals surface area contributed by atoms with Crippen LogP contribution in [0.1, 0.15) is 32.1 Å². The predicted octanol–water partition coefficient (Wildman–Crippen LogP) is 4.49. The van der Waals surface area contributed by atoms with Crippen LogP contribution in [-0.2, 0) is 4.79 Å². The van der Waals surface area contributed by atoms with Gasteiger partial charge in [0.2, 0.25) is 5.91 Å². The molecule has 2 fully saturated rings. The molecule has 2 heterocycles. The number of amides is 1. The van der Waals surface area contributed by atoms with E-state index in [0.29, 0.717) is 18.3 Å². The van der Waals surface area contributed by atoms with Crippen LogP contribution in [0.3, 0.4) is 0 Å².